The van der Waals surface area contributed by atoms with Crippen LogP contribution in [0.1, 0.15) is 29.8 Å². The second kappa shape index (κ2) is 6.96. The summed E-state index contributed by atoms with van der Waals surface area (Å²) in [4.78, 5) is 11.7. The lowest BCUT2D eigenvalue weighted by Crippen LogP contribution is -2.29. The van der Waals surface area contributed by atoms with Crippen LogP contribution in [0.2, 0.25) is 0 Å². The molecule has 0 radical (unpaired) electrons. The molecular formula is C20H19N5O2S. The van der Waals surface area contributed by atoms with Gasteiger partial charge in [0, 0.05) is 31.2 Å². The zero-order valence-corrected chi connectivity index (χ0v) is 16.2. The van der Waals surface area contributed by atoms with E-state index in [4.69, 9.17) is 9.40 Å². The van der Waals surface area contributed by atoms with Crippen LogP contribution in [-0.4, -0.2) is 43.3 Å². The minimum Gasteiger partial charge on any atom is -0.465 e. The van der Waals surface area contributed by atoms with Gasteiger partial charge in [0.05, 0.1) is 15.7 Å². The van der Waals surface area contributed by atoms with Crippen molar-refractivity contribution in [2.45, 2.75) is 25.8 Å². The standard InChI is InChI=1S/C20H19N5O2S/c1-12(14-3-5-18-17(10-14)21-11-28-18)25-8-6-13-2-4-16(22-15(13)7-9-25)19-23-24-20(26)27-19/h2-5,10-12H,6-9H2,1H3,(H,24,26)/t12-/m1/s1. The lowest BCUT2D eigenvalue weighted by molar-refractivity contribution is 0.221. The Morgan fingerprint density at radius 1 is 1.14 bits per heavy atom. The van der Waals surface area contributed by atoms with E-state index in [1.54, 1.807) is 11.3 Å². The molecule has 0 saturated carbocycles. The van der Waals surface area contributed by atoms with Crippen LogP contribution in [0.5, 0.6) is 6.08 Å². The highest BCUT2D eigenvalue weighted by molar-refractivity contribution is 7.16. The third kappa shape index (κ3) is 3.14. The quantitative estimate of drug-likeness (QED) is 0.569. The molecule has 0 spiro atoms. The van der Waals surface area contributed by atoms with E-state index in [9.17, 15) is 5.11 Å². The SMILES string of the molecule is C[C@H](c1ccc2scnc2c1)N1CCc2ccc(-c3nnc(O)o3)nc2CC1. The average molecular weight is 393 g/mol. The lowest BCUT2D eigenvalue weighted by atomic mass is 10.1. The summed E-state index contributed by atoms with van der Waals surface area (Å²) in [5.41, 5.74) is 7.16. The Kier molecular flexibility index (Phi) is 4.29. The number of hydrogen-bond acceptors (Lipinski definition) is 8. The molecule has 0 amide bonds. The first kappa shape index (κ1) is 17.3. The van der Waals surface area contributed by atoms with Crippen LogP contribution in [0.25, 0.3) is 21.8 Å². The fourth-order valence-corrected chi connectivity index (χ4v) is 4.43. The van der Waals surface area contributed by atoms with E-state index < -0.39 is 6.08 Å². The molecule has 5 rings (SSSR count). The molecule has 0 aliphatic carbocycles. The van der Waals surface area contributed by atoms with Crippen LogP contribution < -0.4 is 0 Å². The highest BCUT2D eigenvalue weighted by atomic mass is 32.1. The van der Waals surface area contributed by atoms with Crippen molar-refractivity contribution in [3.05, 3.63) is 52.7 Å². The zero-order chi connectivity index (χ0) is 19.1. The summed E-state index contributed by atoms with van der Waals surface area (Å²) < 4.78 is 6.32. The molecule has 1 atom stereocenters. The molecule has 1 aromatic carbocycles. The van der Waals surface area contributed by atoms with E-state index in [0.717, 1.165) is 37.1 Å². The lowest BCUT2D eigenvalue weighted by Gasteiger charge is -2.27. The van der Waals surface area contributed by atoms with Gasteiger partial charge in [0.25, 0.3) is 5.89 Å². The predicted molar refractivity (Wildman–Crippen MR) is 106 cm³/mol. The highest BCUT2D eigenvalue weighted by Crippen LogP contribution is 2.28. The maximum atomic E-state index is 9.28. The minimum atomic E-state index is -0.441. The Morgan fingerprint density at radius 3 is 2.89 bits per heavy atom. The molecule has 4 aromatic rings. The van der Waals surface area contributed by atoms with Gasteiger partial charge < -0.3 is 9.52 Å². The van der Waals surface area contributed by atoms with Gasteiger partial charge in [0.2, 0.25) is 0 Å². The van der Waals surface area contributed by atoms with Crippen LogP contribution in [-0.2, 0) is 12.8 Å². The van der Waals surface area contributed by atoms with Crippen molar-refractivity contribution < 1.29 is 9.52 Å². The number of thiazole rings is 1. The smallest absolute Gasteiger partial charge is 0.412 e. The Hall–Kier alpha value is -2.84. The van der Waals surface area contributed by atoms with Crippen LogP contribution in [0.4, 0.5) is 0 Å². The first-order valence-corrected chi connectivity index (χ1v) is 10.1. The minimum absolute atomic E-state index is 0.242. The fraction of sp³-hybridized carbons (Fsp3) is 0.300. The molecule has 1 aliphatic heterocycles. The molecule has 7 nitrogen and oxygen atoms in total. The average Bonchev–Trinajstić information content (AvgIpc) is 3.30. The molecule has 0 unspecified atom stereocenters. The van der Waals surface area contributed by atoms with Crippen molar-refractivity contribution in [1.29, 1.82) is 0 Å². The van der Waals surface area contributed by atoms with E-state index in [-0.39, 0.29) is 5.89 Å². The first-order valence-electron chi connectivity index (χ1n) is 9.26. The number of hydrogen-bond donors (Lipinski definition) is 1. The number of aromatic nitrogens is 4. The van der Waals surface area contributed by atoms with Gasteiger partial charge in [-0.25, -0.2) is 9.97 Å². The van der Waals surface area contributed by atoms with E-state index >= 15 is 0 Å². The maximum Gasteiger partial charge on any atom is 0.412 e. The normalized spacial score (nSPS) is 16.0. The number of fused-ring (bicyclic) bond motifs is 2. The highest BCUT2D eigenvalue weighted by Gasteiger charge is 2.22. The van der Waals surface area contributed by atoms with Gasteiger partial charge in [-0.2, -0.15) is 0 Å². The molecule has 28 heavy (non-hydrogen) atoms. The number of nitrogens with zero attached hydrogens (tertiary/aromatic N) is 5. The van der Waals surface area contributed by atoms with Gasteiger partial charge in [0.1, 0.15) is 5.69 Å². The maximum absolute atomic E-state index is 9.28. The van der Waals surface area contributed by atoms with Crippen molar-refractivity contribution in [3.63, 3.8) is 0 Å². The third-order valence-corrected chi connectivity index (χ3v) is 6.20. The van der Waals surface area contributed by atoms with Gasteiger partial charge in [-0.15, -0.1) is 16.4 Å². The van der Waals surface area contributed by atoms with Crippen molar-refractivity contribution in [1.82, 2.24) is 25.1 Å². The van der Waals surface area contributed by atoms with E-state index in [2.05, 4.69) is 51.3 Å². The summed E-state index contributed by atoms with van der Waals surface area (Å²) in [5.74, 6) is 0.242. The van der Waals surface area contributed by atoms with Crippen LogP contribution in [0.15, 0.2) is 40.3 Å². The van der Waals surface area contributed by atoms with Crippen molar-refractivity contribution in [2.24, 2.45) is 0 Å². The monoisotopic (exact) mass is 393 g/mol. The predicted octanol–water partition coefficient (Wildman–Crippen LogP) is 3.61. The fourth-order valence-electron chi connectivity index (χ4n) is 3.77. The molecule has 8 heteroatoms. The van der Waals surface area contributed by atoms with Gasteiger partial charge in [0.15, 0.2) is 0 Å². The number of aromatic hydroxyl groups is 1. The molecule has 4 heterocycles. The molecule has 0 bridgehead atoms. The summed E-state index contributed by atoms with van der Waals surface area (Å²) in [5, 5.41) is 16.6. The van der Waals surface area contributed by atoms with Crippen LogP contribution >= 0.6 is 11.3 Å². The van der Waals surface area contributed by atoms with Crippen molar-refractivity contribution >= 4 is 21.6 Å². The topological polar surface area (TPSA) is 88.2 Å². The number of rotatable bonds is 3. The largest absolute Gasteiger partial charge is 0.465 e. The molecular weight excluding hydrogens is 374 g/mol. The summed E-state index contributed by atoms with van der Waals surface area (Å²) in [6.45, 7) is 4.16. The Labute approximate surface area is 165 Å². The van der Waals surface area contributed by atoms with Crippen molar-refractivity contribution in [3.8, 4) is 17.7 Å². The van der Waals surface area contributed by atoms with E-state index in [1.165, 1.54) is 15.8 Å². The van der Waals surface area contributed by atoms with Gasteiger partial charge >= 0.3 is 6.08 Å². The molecule has 1 N–H and O–H groups in total. The van der Waals surface area contributed by atoms with Gasteiger partial charge in [-0.05, 0) is 42.7 Å². The van der Waals surface area contributed by atoms with Gasteiger partial charge in [-0.1, -0.05) is 17.2 Å². The Bertz CT molecular complexity index is 1140. The van der Waals surface area contributed by atoms with Crippen molar-refractivity contribution in [2.75, 3.05) is 13.1 Å². The van der Waals surface area contributed by atoms with E-state index in [0.29, 0.717) is 11.7 Å². The summed E-state index contributed by atoms with van der Waals surface area (Å²) in [7, 11) is 0. The van der Waals surface area contributed by atoms with Gasteiger partial charge in [-0.3, -0.25) is 4.90 Å². The Morgan fingerprint density at radius 2 is 2.04 bits per heavy atom. The Balaban J connectivity index is 1.36. The number of benzene rings is 1. The first-order chi connectivity index (χ1) is 13.7. The molecule has 1 aliphatic rings. The summed E-state index contributed by atoms with van der Waals surface area (Å²) >= 11 is 1.67. The zero-order valence-electron chi connectivity index (χ0n) is 15.4. The summed E-state index contributed by atoms with van der Waals surface area (Å²) in [6, 6.07) is 10.8. The molecule has 0 saturated heterocycles. The summed E-state index contributed by atoms with van der Waals surface area (Å²) in [6.07, 6.45) is 1.36. The molecule has 142 valence electrons. The second-order valence-electron chi connectivity index (χ2n) is 6.98. The third-order valence-electron chi connectivity index (χ3n) is 5.39. The molecule has 0 fully saturated rings. The van der Waals surface area contributed by atoms with E-state index in [1.807, 2.05) is 11.6 Å². The second-order valence-corrected chi connectivity index (χ2v) is 7.87. The number of pyridine rings is 1. The van der Waals surface area contributed by atoms with Crippen LogP contribution in [0, 0.1) is 0 Å². The van der Waals surface area contributed by atoms with Crippen LogP contribution in [0.3, 0.4) is 0 Å². The molecule has 3 aromatic heterocycles.